The molecule has 0 bridgehead atoms. The van der Waals surface area contributed by atoms with Gasteiger partial charge in [0.25, 0.3) is 0 Å². The van der Waals surface area contributed by atoms with E-state index in [0.29, 0.717) is 5.41 Å². The first kappa shape index (κ1) is 14.0. The summed E-state index contributed by atoms with van der Waals surface area (Å²) in [6.07, 6.45) is 7.13. The van der Waals surface area contributed by atoms with Gasteiger partial charge < -0.3 is 10.2 Å². The maximum Gasteiger partial charge on any atom is 0.00472 e. The lowest BCUT2D eigenvalue weighted by atomic mass is 9.73. The van der Waals surface area contributed by atoms with Gasteiger partial charge in [0.15, 0.2) is 0 Å². The molecule has 0 radical (unpaired) electrons. The van der Waals surface area contributed by atoms with Gasteiger partial charge in [-0.2, -0.15) is 0 Å². The second-order valence-electron chi connectivity index (χ2n) is 6.18. The van der Waals surface area contributed by atoms with Crippen molar-refractivity contribution in [2.24, 2.45) is 11.3 Å². The molecule has 0 aromatic heterocycles. The van der Waals surface area contributed by atoms with E-state index in [1.165, 1.54) is 51.7 Å². The van der Waals surface area contributed by atoms with Gasteiger partial charge in [0.05, 0.1) is 0 Å². The normalized spacial score (nSPS) is 20.6. The van der Waals surface area contributed by atoms with Gasteiger partial charge in [0.2, 0.25) is 0 Å². The lowest BCUT2D eigenvalue weighted by Gasteiger charge is -2.40. The van der Waals surface area contributed by atoms with Crippen molar-refractivity contribution >= 4 is 0 Å². The summed E-state index contributed by atoms with van der Waals surface area (Å²) < 4.78 is 0. The Morgan fingerprint density at radius 3 is 2.31 bits per heavy atom. The quantitative estimate of drug-likeness (QED) is 0.749. The number of hydrogen-bond donors (Lipinski definition) is 1. The largest absolute Gasteiger partial charge is 0.319 e. The van der Waals surface area contributed by atoms with Gasteiger partial charge >= 0.3 is 0 Å². The van der Waals surface area contributed by atoms with Crippen molar-refractivity contribution in [2.45, 2.75) is 46.0 Å². The van der Waals surface area contributed by atoms with Gasteiger partial charge in [0, 0.05) is 19.6 Å². The summed E-state index contributed by atoms with van der Waals surface area (Å²) in [5.41, 5.74) is 0.552. The van der Waals surface area contributed by atoms with E-state index < -0.39 is 0 Å². The fourth-order valence-electron chi connectivity index (χ4n) is 3.33. The minimum atomic E-state index is 0.552. The van der Waals surface area contributed by atoms with Gasteiger partial charge in [-0.15, -0.1) is 0 Å². The molecule has 1 rings (SSSR count). The highest BCUT2D eigenvalue weighted by Crippen LogP contribution is 2.36. The first-order valence-corrected chi connectivity index (χ1v) is 6.91. The molecule has 0 aliphatic heterocycles. The van der Waals surface area contributed by atoms with Crippen molar-refractivity contribution in [3.8, 4) is 0 Å². The molecule has 1 aliphatic carbocycles. The predicted molar refractivity (Wildman–Crippen MR) is 71.8 cm³/mol. The smallest absolute Gasteiger partial charge is 0.00472 e. The van der Waals surface area contributed by atoms with E-state index in [9.17, 15) is 0 Å². The molecule has 0 aromatic rings. The average Bonchev–Trinajstić information content (AvgIpc) is 2.17. The van der Waals surface area contributed by atoms with E-state index >= 15 is 0 Å². The topological polar surface area (TPSA) is 15.3 Å². The zero-order valence-electron chi connectivity index (χ0n) is 11.7. The van der Waals surface area contributed by atoms with Gasteiger partial charge in [-0.05, 0) is 38.3 Å². The standard InChI is InChI=1S/C14H30N2/c1-13(2)10-16(4)12-14(11-15-3)8-6-5-7-9-14/h13,15H,5-12H2,1-4H3. The number of nitrogens with one attached hydrogen (secondary N) is 1. The minimum Gasteiger partial charge on any atom is -0.319 e. The second kappa shape index (κ2) is 6.61. The van der Waals surface area contributed by atoms with E-state index in [-0.39, 0.29) is 0 Å². The monoisotopic (exact) mass is 226 g/mol. The molecule has 0 amide bonds. The summed E-state index contributed by atoms with van der Waals surface area (Å²) in [6, 6.07) is 0. The van der Waals surface area contributed by atoms with Crippen LogP contribution in [0.2, 0.25) is 0 Å². The fraction of sp³-hybridized carbons (Fsp3) is 1.00. The van der Waals surface area contributed by atoms with Crippen LogP contribution in [0.25, 0.3) is 0 Å². The Labute approximate surface area is 102 Å². The highest BCUT2D eigenvalue weighted by atomic mass is 15.1. The number of nitrogens with zero attached hydrogens (tertiary/aromatic N) is 1. The van der Waals surface area contributed by atoms with Crippen molar-refractivity contribution in [3.05, 3.63) is 0 Å². The molecule has 1 fully saturated rings. The summed E-state index contributed by atoms with van der Waals surface area (Å²) in [4.78, 5) is 2.54. The lowest BCUT2D eigenvalue weighted by Crippen LogP contribution is -2.44. The van der Waals surface area contributed by atoms with E-state index in [2.05, 4.69) is 38.2 Å². The molecule has 96 valence electrons. The van der Waals surface area contributed by atoms with Crippen molar-refractivity contribution in [2.75, 3.05) is 33.7 Å². The maximum absolute atomic E-state index is 3.41. The average molecular weight is 226 g/mol. The zero-order valence-corrected chi connectivity index (χ0v) is 11.7. The van der Waals surface area contributed by atoms with Gasteiger partial charge in [-0.1, -0.05) is 33.1 Å². The van der Waals surface area contributed by atoms with Crippen LogP contribution in [0.4, 0.5) is 0 Å². The molecule has 0 aromatic carbocycles. The van der Waals surface area contributed by atoms with E-state index in [0.717, 1.165) is 5.92 Å². The Kier molecular flexibility index (Phi) is 5.77. The minimum absolute atomic E-state index is 0.552. The summed E-state index contributed by atoms with van der Waals surface area (Å²) in [5.74, 6) is 0.778. The third-order valence-corrected chi connectivity index (χ3v) is 3.75. The van der Waals surface area contributed by atoms with E-state index in [1.807, 2.05) is 0 Å². The van der Waals surface area contributed by atoms with Crippen LogP contribution in [-0.4, -0.2) is 38.6 Å². The van der Waals surface area contributed by atoms with Crippen LogP contribution in [0.1, 0.15) is 46.0 Å². The Bertz CT molecular complexity index is 178. The molecule has 0 spiro atoms. The Balaban J connectivity index is 2.48. The van der Waals surface area contributed by atoms with Crippen molar-refractivity contribution in [1.82, 2.24) is 10.2 Å². The lowest BCUT2D eigenvalue weighted by molar-refractivity contribution is 0.113. The molecule has 2 nitrogen and oxygen atoms in total. The Morgan fingerprint density at radius 1 is 1.19 bits per heavy atom. The van der Waals surface area contributed by atoms with Crippen LogP contribution in [0, 0.1) is 11.3 Å². The van der Waals surface area contributed by atoms with Crippen LogP contribution >= 0.6 is 0 Å². The molecule has 0 saturated heterocycles. The molecule has 0 heterocycles. The van der Waals surface area contributed by atoms with E-state index in [1.54, 1.807) is 0 Å². The first-order valence-electron chi connectivity index (χ1n) is 6.91. The molecule has 0 unspecified atom stereocenters. The second-order valence-corrected chi connectivity index (χ2v) is 6.18. The zero-order chi connectivity index (χ0) is 12.0. The summed E-state index contributed by atoms with van der Waals surface area (Å²) >= 11 is 0. The third kappa shape index (κ3) is 4.42. The summed E-state index contributed by atoms with van der Waals surface area (Å²) in [6.45, 7) is 8.30. The maximum atomic E-state index is 3.41. The summed E-state index contributed by atoms with van der Waals surface area (Å²) in [5, 5.41) is 3.41. The van der Waals surface area contributed by atoms with E-state index in [4.69, 9.17) is 0 Å². The van der Waals surface area contributed by atoms with Crippen LogP contribution in [0.5, 0.6) is 0 Å². The fourth-order valence-corrected chi connectivity index (χ4v) is 3.33. The van der Waals surface area contributed by atoms with Crippen molar-refractivity contribution in [3.63, 3.8) is 0 Å². The van der Waals surface area contributed by atoms with Crippen LogP contribution in [-0.2, 0) is 0 Å². The molecular weight excluding hydrogens is 196 g/mol. The Hall–Kier alpha value is -0.0800. The molecule has 0 atom stereocenters. The van der Waals surface area contributed by atoms with Crippen LogP contribution in [0.15, 0.2) is 0 Å². The highest BCUT2D eigenvalue weighted by molar-refractivity contribution is 4.87. The van der Waals surface area contributed by atoms with Gasteiger partial charge in [-0.3, -0.25) is 0 Å². The Morgan fingerprint density at radius 2 is 1.81 bits per heavy atom. The predicted octanol–water partition coefficient (Wildman–Crippen LogP) is 2.74. The molecular formula is C14H30N2. The van der Waals surface area contributed by atoms with Crippen molar-refractivity contribution < 1.29 is 0 Å². The van der Waals surface area contributed by atoms with Crippen molar-refractivity contribution in [1.29, 1.82) is 0 Å². The molecule has 1 saturated carbocycles. The SMILES string of the molecule is CNCC1(CN(C)CC(C)C)CCCCC1. The van der Waals surface area contributed by atoms with Gasteiger partial charge in [0.1, 0.15) is 0 Å². The molecule has 16 heavy (non-hydrogen) atoms. The highest BCUT2D eigenvalue weighted by Gasteiger charge is 2.32. The molecule has 1 N–H and O–H groups in total. The van der Waals surface area contributed by atoms with Gasteiger partial charge in [-0.25, -0.2) is 0 Å². The number of hydrogen-bond acceptors (Lipinski definition) is 2. The number of rotatable bonds is 6. The molecule has 1 aliphatic rings. The van der Waals surface area contributed by atoms with Crippen LogP contribution < -0.4 is 5.32 Å². The molecule has 2 heteroatoms. The van der Waals surface area contributed by atoms with Crippen LogP contribution in [0.3, 0.4) is 0 Å². The first-order chi connectivity index (χ1) is 7.58. The summed E-state index contributed by atoms with van der Waals surface area (Å²) in [7, 11) is 4.38. The third-order valence-electron chi connectivity index (χ3n) is 3.75.